The summed E-state index contributed by atoms with van der Waals surface area (Å²) >= 11 is 0. The Hall–Kier alpha value is -1.78. The second kappa shape index (κ2) is 5.34. The first kappa shape index (κ1) is 12.3. The first-order chi connectivity index (χ1) is 7.58. The molecule has 0 spiro atoms. The van der Waals surface area contributed by atoms with E-state index in [2.05, 4.69) is 10.5 Å². The second-order valence-electron chi connectivity index (χ2n) is 3.61. The van der Waals surface area contributed by atoms with Gasteiger partial charge in [-0.2, -0.15) is 0 Å². The van der Waals surface area contributed by atoms with Crippen LogP contribution in [0.1, 0.15) is 18.9 Å². The fourth-order valence-corrected chi connectivity index (χ4v) is 1.39. The number of anilines is 1. The van der Waals surface area contributed by atoms with Gasteiger partial charge in [-0.05, 0) is 31.0 Å². The normalized spacial score (nSPS) is 13.6. The third-order valence-electron chi connectivity index (χ3n) is 2.33. The molecule has 4 nitrogen and oxygen atoms in total. The first-order valence-electron chi connectivity index (χ1n) is 5.08. The van der Waals surface area contributed by atoms with Crippen molar-refractivity contribution in [2.24, 2.45) is 10.9 Å². The van der Waals surface area contributed by atoms with Crippen LogP contribution in [-0.4, -0.2) is 17.1 Å². The largest absolute Gasteiger partial charge is 0.409 e. The minimum Gasteiger partial charge on any atom is -0.409 e. The van der Waals surface area contributed by atoms with Gasteiger partial charge in [-0.15, -0.1) is 0 Å². The lowest BCUT2D eigenvalue weighted by molar-refractivity contribution is 0.316. The van der Waals surface area contributed by atoms with Gasteiger partial charge >= 0.3 is 0 Å². The van der Waals surface area contributed by atoms with Crippen molar-refractivity contribution >= 4 is 11.5 Å². The Balaban J connectivity index is 2.89. The predicted octanol–water partition coefficient (Wildman–Crippen LogP) is 2.07. The number of nitrogens with two attached hydrogens (primary N) is 1. The highest BCUT2D eigenvalue weighted by atomic mass is 19.1. The molecule has 1 unspecified atom stereocenters. The van der Waals surface area contributed by atoms with Crippen molar-refractivity contribution in [2.75, 3.05) is 5.32 Å². The van der Waals surface area contributed by atoms with Gasteiger partial charge in [0.25, 0.3) is 0 Å². The van der Waals surface area contributed by atoms with E-state index in [1.54, 1.807) is 12.1 Å². The van der Waals surface area contributed by atoms with E-state index < -0.39 is 0 Å². The monoisotopic (exact) mass is 225 g/mol. The molecular weight excluding hydrogens is 209 g/mol. The van der Waals surface area contributed by atoms with Crippen LogP contribution in [-0.2, 0) is 0 Å². The van der Waals surface area contributed by atoms with Crippen molar-refractivity contribution in [3.8, 4) is 0 Å². The number of nitrogens with one attached hydrogen (secondary N) is 1. The number of hydrogen-bond donors (Lipinski definition) is 3. The maximum absolute atomic E-state index is 13.4. The van der Waals surface area contributed by atoms with Gasteiger partial charge < -0.3 is 16.3 Å². The smallest absolute Gasteiger partial charge is 0.161 e. The van der Waals surface area contributed by atoms with E-state index in [0.29, 0.717) is 12.1 Å². The zero-order chi connectivity index (χ0) is 12.1. The summed E-state index contributed by atoms with van der Waals surface area (Å²) in [6.45, 7) is 3.73. The molecule has 0 aliphatic heterocycles. The van der Waals surface area contributed by atoms with Crippen LogP contribution in [0.5, 0.6) is 0 Å². The molecule has 88 valence electrons. The Kier molecular flexibility index (Phi) is 4.10. The van der Waals surface area contributed by atoms with Crippen molar-refractivity contribution < 1.29 is 9.60 Å². The van der Waals surface area contributed by atoms with Crippen LogP contribution < -0.4 is 11.1 Å². The molecule has 1 rings (SSSR count). The van der Waals surface area contributed by atoms with Gasteiger partial charge in [0.15, 0.2) is 5.84 Å². The Bertz CT molecular complexity index is 393. The van der Waals surface area contributed by atoms with Gasteiger partial charge in [0.05, 0.1) is 11.7 Å². The van der Waals surface area contributed by atoms with E-state index in [9.17, 15) is 4.39 Å². The van der Waals surface area contributed by atoms with Crippen LogP contribution in [0.2, 0.25) is 0 Å². The van der Waals surface area contributed by atoms with Crippen LogP contribution in [0.25, 0.3) is 0 Å². The second-order valence-corrected chi connectivity index (χ2v) is 3.61. The number of nitrogens with zero attached hydrogens (tertiary/aromatic N) is 1. The summed E-state index contributed by atoms with van der Waals surface area (Å²) in [4.78, 5) is 0. The molecule has 1 aromatic rings. The summed E-state index contributed by atoms with van der Waals surface area (Å²) in [7, 11) is 0. The third kappa shape index (κ3) is 2.85. The number of oxime groups is 1. The highest BCUT2D eigenvalue weighted by Gasteiger charge is 2.13. The number of rotatable bonds is 4. The lowest BCUT2D eigenvalue weighted by Gasteiger charge is -2.17. The Labute approximate surface area is 94.0 Å². The van der Waals surface area contributed by atoms with Crippen LogP contribution in [0.3, 0.4) is 0 Å². The summed E-state index contributed by atoms with van der Waals surface area (Å²) < 4.78 is 13.4. The molecule has 0 amide bonds. The van der Waals surface area contributed by atoms with E-state index in [4.69, 9.17) is 10.9 Å². The fraction of sp³-hybridized carbons (Fsp3) is 0.364. The topological polar surface area (TPSA) is 70.6 Å². The van der Waals surface area contributed by atoms with Crippen LogP contribution in [0.4, 0.5) is 10.1 Å². The number of hydrogen-bond acceptors (Lipinski definition) is 3. The maximum atomic E-state index is 13.4. The molecule has 0 aromatic heterocycles. The van der Waals surface area contributed by atoms with Crippen molar-refractivity contribution in [3.05, 3.63) is 29.6 Å². The number of aryl methyl sites for hydroxylation is 1. The zero-order valence-corrected chi connectivity index (χ0v) is 9.37. The van der Waals surface area contributed by atoms with E-state index in [-0.39, 0.29) is 17.7 Å². The fourth-order valence-electron chi connectivity index (χ4n) is 1.39. The standard InChI is InChI=1S/C11H16FN3O/c1-3-9(11(13)15-16)14-10-6-7(2)4-5-8(10)12/h4-6,9,14,16H,3H2,1-2H3,(H2,13,15). The maximum Gasteiger partial charge on any atom is 0.161 e. The summed E-state index contributed by atoms with van der Waals surface area (Å²) in [6.07, 6.45) is 0.600. The molecule has 0 heterocycles. The average Bonchev–Trinajstić information content (AvgIpc) is 2.29. The first-order valence-corrected chi connectivity index (χ1v) is 5.08. The molecule has 16 heavy (non-hydrogen) atoms. The van der Waals surface area contributed by atoms with Crippen molar-refractivity contribution in [2.45, 2.75) is 26.3 Å². The van der Waals surface area contributed by atoms with Gasteiger partial charge in [-0.3, -0.25) is 0 Å². The Morgan fingerprint density at radius 3 is 2.88 bits per heavy atom. The van der Waals surface area contributed by atoms with E-state index in [1.165, 1.54) is 6.07 Å². The van der Waals surface area contributed by atoms with Crippen LogP contribution >= 0.6 is 0 Å². The molecule has 1 aromatic carbocycles. The SMILES string of the molecule is CCC(Nc1cc(C)ccc1F)C(N)=NO. The molecule has 4 N–H and O–H groups in total. The Morgan fingerprint density at radius 1 is 1.62 bits per heavy atom. The van der Waals surface area contributed by atoms with Crippen molar-refractivity contribution in [3.63, 3.8) is 0 Å². The molecule has 1 atom stereocenters. The molecule has 0 aliphatic carbocycles. The van der Waals surface area contributed by atoms with Gasteiger partial charge in [-0.25, -0.2) is 4.39 Å². The van der Waals surface area contributed by atoms with Gasteiger partial charge in [-0.1, -0.05) is 18.1 Å². The number of benzene rings is 1. The molecule has 0 fully saturated rings. The summed E-state index contributed by atoms with van der Waals surface area (Å²) in [5, 5.41) is 14.4. The molecule has 0 radical (unpaired) electrons. The molecule has 0 saturated carbocycles. The van der Waals surface area contributed by atoms with Gasteiger partial charge in [0, 0.05) is 0 Å². The van der Waals surface area contributed by atoms with Crippen molar-refractivity contribution in [1.82, 2.24) is 0 Å². The summed E-state index contributed by atoms with van der Waals surface area (Å²) in [5.74, 6) is -0.307. The zero-order valence-electron chi connectivity index (χ0n) is 9.37. The minimum atomic E-state index is -0.374. The average molecular weight is 225 g/mol. The van der Waals surface area contributed by atoms with Gasteiger partial charge in [0.1, 0.15) is 5.82 Å². The molecule has 0 saturated heterocycles. The molecule has 0 aliphatic rings. The summed E-state index contributed by atoms with van der Waals surface area (Å²) in [5.41, 5.74) is 6.78. The summed E-state index contributed by atoms with van der Waals surface area (Å²) in [6, 6.07) is 4.38. The lowest BCUT2D eigenvalue weighted by Crippen LogP contribution is -2.35. The molecular formula is C11H16FN3O. The number of halogens is 1. The predicted molar refractivity (Wildman–Crippen MR) is 62.2 cm³/mol. The van der Waals surface area contributed by atoms with Crippen LogP contribution in [0.15, 0.2) is 23.4 Å². The Morgan fingerprint density at radius 2 is 2.31 bits per heavy atom. The van der Waals surface area contributed by atoms with E-state index >= 15 is 0 Å². The molecule has 5 heteroatoms. The number of amidine groups is 1. The highest BCUT2D eigenvalue weighted by molar-refractivity contribution is 5.87. The molecule has 0 bridgehead atoms. The van der Waals surface area contributed by atoms with E-state index in [1.807, 2.05) is 13.8 Å². The van der Waals surface area contributed by atoms with Crippen molar-refractivity contribution in [1.29, 1.82) is 0 Å². The van der Waals surface area contributed by atoms with Gasteiger partial charge in [0.2, 0.25) is 0 Å². The quantitative estimate of drug-likeness (QED) is 0.318. The lowest BCUT2D eigenvalue weighted by atomic mass is 10.1. The minimum absolute atomic E-state index is 0.0448. The van der Waals surface area contributed by atoms with Crippen LogP contribution in [0, 0.1) is 12.7 Å². The highest BCUT2D eigenvalue weighted by Crippen LogP contribution is 2.17. The van der Waals surface area contributed by atoms with E-state index in [0.717, 1.165) is 5.56 Å². The third-order valence-corrected chi connectivity index (χ3v) is 2.33.